The molecule has 2 rings (SSSR count). The predicted molar refractivity (Wildman–Crippen MR) is 65.9 cm³/mol. The molecule has 0 unspecified atom stereocenters. The van der Waals surface area contributed by atoms with Gasteiger partial charge < -0.3 is 14.7 Å². The molecular weight excluding hydrogens is 236 g/mol. The molecule has 1 saturated heterocycles. The molecule has 1 aliphatic rings. The first kappa shape index (κ1) is 12.6. The van der Waals surface area contributed by atoms with Crippen LogP contribution >= 0.6 is 0 Å². The summed E-state index contributed by atoms with van der Waals surface area (Å²) in [5.74, 6) is 0.137. The standard InChI is InChI=1S/C12H16N2O4/c1-13-6-4-10(5-7-13)18-12-3-2-9(14(16)17)8-11(12)15/h2-3,8,10,15H,4-7H2,1H3. The Balaban J connectivity index is 2.03. The van der Waals surface area contributed by atoms with Crippen molar-refractivity contribution in [3.8, 4) is 11.5 Å². The highest BCUT2D eigenvalue weighted by Gasteiger charge is 2.20. The molecule has 1 N–H and O–H groups in total. The molecule has 0 amide bonds. The Bertz CT molecular complexity index is 442. The molecule has 18 heavy (non-hydrogen) atoms. The van der Waals surface area contributed by atoms with Crippen LogP contribution in [0.2, 0.25) is 0 Å². The van der Waals surface area contributed by atoms with Crippen molar-refractivity contribution >= 4 is 5.69 Å². The van der Waals surface area contributed by atoms with Crippen LogP contribution < -0.4 is 4.74 Å². The number of hydrogen-bond acceptors (Lipinski definition) is 5. The normalized spacial score (nSPS) is 17.6. The van der Waals surface area contributed by atoms with E-state index >= 15 is 0 Å². The van der Waals surface area contributed by atoms with Crippen molar-refractivity contribution in [1.29, 1.82) is 0 Å². The Kier molecular flexibility index (Phi) is 3.66. The van der Waals surface area contributed by atoms with Gasteiger partial charge in [-0.25, -0.2) is 0 Å². The second-order valence-electron chi connectivity index (χ2n) is 4.53. The maximum Gasteiger partial charge on any atom is 0.273 e. The van der Waals surface area contributed by atoms with Crippen molar-refractivity contribution in [3.05, 3.63) is 28.3 Å². The number of piperidine rings is 1. The summed E-state index contributed by atoms with van der Waals surface area (Å²) in [6.07, 6.45) is 1.86. The average Bonchev–Trinajstić information content (AvgIpc) is 2.34. The van der Waals surface area contributed by atoms with Crippen molar-refractivity contribution in [2.45, 2.75) is 18.9 Å². The lowest BCUT2D eigenvalue weighted by molar-refractivity contribution is -0.385. The van der Waals surface area contributed by atoms with E-state index in [4.69, 9.17) is 4.74 Å². The third-order valence-electron chi connectivity index (χ3n) is 3.11. The summed E-state index contributed by atoms with van der Waals surface area (Å²) in [4.78, 5) is 12.2. The van der Waals surface area contributed by atoms with Crippen LogP contribution in [0.3, 0.4) is 0 Å². The van der Waals surface area contributed by atoms with Crippen molar-refractivity contribution in [2.75, 3.05) is 20.1 Å². The number of aromatic hydroxyl groups is 1. The van der Waals surface area contributed by atoms with Crippen LogP contribution in [0, 0.1) is 10.1 Å². The fourth-order valence-electron chi connectivity index (χ4n) is 2.00. The van der Waals surface area contributed by atoms with E-state index in [9.17, 15) is 15.2 Å². The molecule has 6 nitrogen and oxygen atoms in total. The summed E-state index contributed by atoms with van der Waals surface area (Å²) in [6.45, 7) is 1.91. The molecule has 1 aliphatic heterocycles. The maximum atomic E-state index is 10.5. The lowest BCUT2D eigenvalue weighted by Gasteiger charge is -2.29. The summed E-state index contributed by atoms with van der Waals surface area (Å²) in [5, 5.41) is 20.2. The van der Waals surface area contributed by atoms with E-state index in [1.54, 1.807) is 0 Å². The third kappa shape index (κ3) is 2.89. The Morgan fingerprint density at radius 3 is 2.67 bits per heavy atom. The number of nitro benzene ring substituents is 1. The van der Waals surface area contributed by atoms with E-state index in [0.29, 0.717) is 5.75 Å². The van der Waals surface area contributed by atoms with Crippen LogP contribution in [0.25, 0.3) is 0 Å². The third-order valence-corrected chi connectivity index (χ3v) is 3.11. The molecule has 0 saturated carbocycles. The van der Waals surface area contributed by atoms with Gasteiger partial charge in [0.1, 0.15) is 6.10 Å². The van der Waals surface area contributed by atoms with Gasteiger partial charge in [0.05, 0.1) is 11.0 Å². The van der Waals surface area contributed by atoms with Crippen LogP contribution in [0.15, 0.2) is 18.2 Å². The van der Waals surface area contributed by atoms with Crippen LogP contribution in [0.5, 0.6) is 11.5 Å². The van der Waals surface area contributed by atoms with Gasteiger partial charge >= 0.3 is 0 Å². The van der Waals surface area contributed by atoms with E-state index in [2.05, 4.69) is 11.9 Å². The van der Waals surface area contributed by atoms with Crippen LogP contribution in [0.1, 0.15) is 12.8 Å². The van der Waals surface area contributed by atoms with Crippen LogP contribution in [-0.4, -0.2) is 41.2 Å². The zero-order valence-corrected chi connectivity index (χ0v) is 10.2. The number of phenols is 1. The van der Waals surface area contributed by atoms with Crippen molar-refractivity contribution in [2.24, 2.45) is 0 Å². The first-order chi connectivity index (χ1) is 8.56. The number of nitro groups is 1. The molecule has 0 bridgehead atoms. The topological polar surface area (TPSA) is 75.8 Å². The Morgan fingerprint density at radius 2 is 2.11 bits per heavy atom. The monoisotopic (exact) mass is 252 g/mol. The van der Waals surface area contributed by atoms with Gasteiger partial charge in [-0.05, 0) is 26.0 Å². The Morgan fingerprint density at radius 1 is 1.44 bits per heavy atom. The van der Waals surface area contributed by atoms with E-state index in [1.165, 1.54) is 12.1 Å². The lowest BCUT2D eigenvalue weighted by atomic mass is 10.1. The van der Waals surface area contributed by atoms with Gasteiger partial charge in [0.2, 0.25) is 0 Å². The van der Waals surface area contributed by atoms with E-state index < -0.39 is 4.92 Å². The van der Waals surface area contributed by atoms with Crippen molar-refractivity contribution < 1.29 is 14.8 Å². The average molecular weight is 252 g/mol. The highest BCUT2D eigenvalue weighted by atomic mass is 16.6. The minimum Gasteiger partial charge on any atom is -0.504 e. The first-order valence-corrected chi connectivity index (χ1v) is 5.89. The second-order valence-corrected chi connectivity index (χ2v) is 4.53. The van der Waals surface area contributed by atoms with E-state index in [-0.39, 0.29) is 17.5 Å². The van der Waals surface area contributed by atoms with Gasteiger partial charge in [-0.15, -0.1) is 0 Å². The second kappa shape index (κ2) is 5.22. The van der Waals surface area contributed by atoms with Gasteiger partial charge in [-0.1, -0.05) is 0 Å². The van der Waals surface area contributed by atoms with E-state index in [1.807, 2.05) is 0 Å². The molecule has 1 aromatic carbocycles. The van der Waals surface area contributed by atoms with E-state index in [0.717, 1.165) is 32.0 Å². The SMILES string of the molecule is CN1CCC(Oc2ccc([N+](=O)[O-])cc2O)CC1. The van der Waals surface area contributed by atoms with Gasteiger partial charge in [0.25, 0.3) is 5.69 Å². The molecule has 0 spiro atoms. The number of non-ortho nitro benzene ring substituents is 1. The number of hydrogen-bond donors (Lipinski definition) is 1. The summed E-state index contributed by atoms with van der Waals surface area (Å²) >= 11 is 0. The van der Waals surface area contributed by atoms with Crippen LogP contribution in [0.4, 0.5) is 5.69 Å². The van der Waals surface area contributed by atoms with Crippen LogP contribution in [-0.2, 0) is 0 Å². The number of phenolic OH excluding ortho intramolecular Hbond substituents is 1. The Labute approximate surface area is 105 Å². The first-order valence-electron chi connectivity index (χ1n) is 5.89. The largest absolute Gasteiger partial charge is 0.504 e. The van der Waals surface area contributed by atoms with Gasteiger partial charge in [0.15, 0.2) is 11.5 Å². The zero-order valence-electron chi connectivity index (χ0n) is 10.2. The lowest BCUT2D eigenvalue weighted by Crippen LogP contribution is -2.35. The summed E-state index contributed by atoms with van der Waals surface area (Å²) < 4.78 is 5.67. The number of rotatable bonds is 3. The van der Waals surface area contributed by atoms with Crippen molar-refractivity contribution in [3.63, 3.8) is 0 Å². The number of likely N-dealkylation sites (tertiary alicyclic amines) is 1. The smallest absolute Gasteiger partial charge is 0.273 e. The van der Waals surface area contributed by atoms with Gasteiger partial charge in [-0.3, -0.25) is 10.1 Å². The molecule has 0 aliphatic carbocycles. The molecule has 1 fully saturated rings. The van der Waals surface area contributed by atoms with Gasteiger partial charge in [-0.2, -0.15) is 0 Å². The van der Waals surface area contributed by atoms with Crippen molar-refractivity contribution in [1.82, 2.24) is 4.90 Å². The summed E-state index contributed by atoms with van der Waals surface area (Å²) in [6, 6.07) is 3.90. The zero-order chi connectivity index (χ0) is 13.1. The number of ether oxygens (including phenoxy) is 1. The highest BCUT2D eigenvalue weighted by molar-refractivity contribution is 5.47. The quantitative estimate of drug-likeness (QED) is 0.655. The molecule has 98 valence electrons. The molecule has 0 aromatic heterocycles. The summed E-state index contributed by atoms with van der Waals surface area (Å²) in [5.41, 5.74) is -0.136. The predicted octanol–water partition coefficient (Wildman–Crippen LogP) is 1.77. The fourth-order valence-corrected chi connectivity index (χ4v) is 2.00. The molecule has 6 heteroatoms. The molecule has 1 aromatic rings. The molecule has 1 heterocycles. The minimum absolute atomic E-state index is 0.0635. The molecular formula is C12H16N2O4. The number of nitrogens with zero attached hydrogens (tertiary/aromatic N) is 2. The number of benzene rings is 1. The fraction of sp³-hybridized carbons (Fsp3) is 0.500. The molecule has 0 radical (unpaired) electrons. The summed E-state index contributed by atoms with van der Waals surface area (Å²) in [7, 11) is 2.06. The minimum atomic E-state index is -0.543. The maximum absolute atomic E-state index is 10.5. The van der Waals surface area contributed by atoms with Gasteiger partial charge in [0, 0.05) is 19.2 Å². The highest BCUT2D eigenvalue weighted by Crippen LogP contribution is 2.31. The Hall–Kier alpha value is -1.82. The molecule has 0 atom stereocenters.